The van der Waals surface area contributed by atoms with Crippen molar-refractivity contribution in [2.45, 2.75) is 13.5 Å². The van der Waals surface area contributed by atoms with Crippen molar-refractivity contribution in [3.63, 3.8) is 0 Å². The lowest BCUT2D eigenvalue weighted by Gasteiger charge is -2.21. The molecule has 3 nitrogen and oxygen atoms in total. The number of hydrogen-bond donors (Lipinski definition) is 0. The van der Waals surface area contributed by atoms with E-state index in [1.54, 1.807) is 29.2 Å². The quantitative estimate of drug-likeness (QED) is 0.844. The average Bonchev–Trinajstić information content (AvgIpc) is 2.55. The number of methoxy groups -OCH3 is 1. The maximum Gasteiger partial charge on any atom is 0.254 e. The number of carbonyl (C=O) groups excluding carboxylic acids is 1. The Bertz CT molecular complexity index is 673. The van der Waals surface area contributed by atoms with E-state index in [9.17, 15) is 13.6 Å². The standard InChI is InChI=1S/C17H17F2NO2/c1-3-20(11-12-7-8-15(18)16(19)9-12)17(21)13-5-4-6-14(10-13)22-2/h4-10H,3,11H2,1-2H3. The molecule has 0 heterocycles. The van der Waals surface area contributed by atoms with E-state index in [0.717, 1.165) is 12.1 Å². The van der Waals surface area contributed by atoms with Crippen molar-refractivity contribution < 1.29 is 18.3 Å². The lowest BCUT2D eigenvalue weighted by atomic mass is 10.1. The van der Waals surface area contributed by atoms with E-state index in [0.29, 0.717) is 23.4 Å². The van der Waals surface area contributed by atoms with Gasteiger partial charge in [-0.3, -0.25) is 4.79 Å². The third kappa shape index (κ3) is 3.61. The largest absolute Gasteiger partial charge is 0.497 e. The Morgan fingerprint density at radius 2 is 1.91 bits per heavy atom. The van der Waals surface area contributed by atoms with Crippen LogP contribution in [0.4, 0.5) is 8.78 Å². The van der Waals surface area contributed by atoms with Gasteiger partial charge in [0.25, 0.3) is 5.91 Å². The molecule has 22 heavy (non-hydrogen) atoms. The molecule has 0 aliphatic rings. The molecule has 0 N–H and O–H groups in total. The fourth-order valence-corrected chi connectivity index (χ4v) is 2.12. The molecule has 116 valence electrons. The molecule has 2 rings (SSSR count). The Morgan fingerprint density at radius 1 is 1.14 bits per heavy atom. The van der Waals surface area contributed by atoms with Crippen molar-refractivity contribution in [2.75, 3.05) is 13.7 Å². The van der Waals surface area contributed by atoms with E-state index >= 15 is 0 Å². The van der Waals surface area contributed by atoms with Crippen LogP contribution in [0.15, 0.2) is 42.5 Å². The van der Waals surface area contributed by atoms with Gasteiger partial charge in [-0.2, -0.15) is 0 Å². The highest BCUT2D eigenvalue weighted by Crippen LogP contribution is 2.17. The molecule has 0 unspecified atom stereocenters. The molecule has 0 aliphatic carbocycles. The number of rotatable bonds is 5. The predicted molar refractivity (Wildman–Crippen MR) is 79.8 cm³/mol. The smallest absolute Gasteiger partial charge is 0.254 e. The average molecular weight is 305 g/mol. The second-order valence-electron chi connectivity index (χ2n) is 4.80. The minimum atomic E-state index is -0.914. The van der Waals surface area contributed by atoms with Crippen molar-refractivity contribution in [2.24, 2.45) is 0 Å². The topological polar surface area (TPSA) is 29.5 Å². The van der Waals surface area contributed by atoms with Gasteiger partial charge in [0, 0.05) is 18.7 Å². The van der Waals surface area contributed by atoms with Crippen molar-refractivity contribution in [1.82, 2.24) is 4.90 Å². The normalized spacial score (nSPS) is 10.4. The lowest BCUT2D eigenvalue weighted by molar-refractivity contribution is 0.0752. The first kappa shape index (κ1) is 15.9. The summed E-state index contributed by atoms with van der Waals surface area (Å²) in [5.74, 6) is -1.41. The van der Waals surface area contributed by atoms with Crippen molar-refractivity contribution in [1.29, 1.82) is 0 Å². The molecule has 1 amide bonds. The summed E-state index contributed by atoms with van der Waals surface area (Å²) in [6.45, 7) is 2.50. The fourth-order valence-electron chi connectivity index (χ4n) is 2.12. The second kappa shape index (κ2) is 7.02. The number of carbonyl (C=O) groups is 1. The third-order valence-electron chi connectivity index (χ3n) is 3.34. The molecule has 0 spiro atoms. The highest BCUT2D eigenvalue weighted by molar-refractivity contribution is 5.94. The zero-order chi connectivity index (χ0) is 16.1. The number of amides is 1. The molecule has 2 aromatic carbocycles. The second-order valence-corrected chi connectivity index (χ2v) is 4.80. The maximum atomic E-state index is 13.3. The van der Waals surface area contributed by atoms with Gasteiger partial charge in [-0.25, -0.2) is 8.78 Å². The molecular weight excluding hydrogens is 288 g/mol. The Balaban J connectivity index is 2.19. The van der Waals surface area contributed by atoms with Crippen LogP contribution in [-0.4, -0.2) is 24.5 Å². The van der Waals surface area contributed by atoms with Crippen molar-refractivity contribution in [3.8, 4) is 5.75 Å². The van der Waals surface area contributed by atoms with Gasteiger partial charge in [0.2, 0.25) is 0 Å². The summed E-state index contributed by atoms with van der Waals surface area (Å²) in [5, 5.41) is 0. The van der Waals surface area contributed by atoms with Gasteiger partial charge in [-0.05, 0) is 42.8 Å². The maximum absolute atomic E-state index is 13.3. The SMILES string of the molecule is CCN(Cc1ccc(F)c(F)c1)C(=O)c1cccc(OC)c1. The van der Waals surface area contributed by atoms with Crippen molar-refractivity contribution in [3.05, 3.63) is 65.2 Å². The van der Waals surface area contributed by atoms with Crippen LogP contribution in [0.3, 0.4) is 0 Å². The highest BCUT2D eigenvalue weighted by atomic mass is 19.2. The van der Waals surface area contributed by atoms with Gasteiger partial charge in [0.05, 0.1) is 7.11 Å². The van der Waals surface area contributed by atoms with E-state index in [1.165, 1.54) is 13.2 Å². The minimum absolute atomic E-state index is 0.189. The summed E-state index contributed by atoms with van der Waals surface area (Å²) in [6.07, 6.45) is 0. The van der Waals surface area contributed by atoms with Crippen LogP contribution in [0.2, 0.25) is 0 Å². The molecule has 2 aromatic rings. The van der Waals surface area contributed by atoms with Crippen LogP contribution in [0.25, 0.3) is 0 Å². The molecule has 0 aromatic heterocycles. The molecule has 0 atom stereocenters. The summed E-state index contributed by atoms with van der Waals surface area (Å²) in [7, 11) is 1.53. The molecule has 0 bridgehead atoms. The van der Waals surface area contributed by atoms with Crippen LogP contribution in [0, 0.1) is 11.6 Å². The summed E-state index contributed by atoms with van der Waals surface area (Å²) in [6, 6.07) is 10.5. The van der Waals surface area contributed by atoms with E-state index in [1.807, 2.05) is 6.92 Å². The first-order valence-electron chi connectivity index (χ1n) is 6.92. The van der Waals surface area contributed by atoms with Gasteiger partial charge in [0.15, 0.2) is 11.6 Å². The molecule has 0 fully saturated rings. The number of ether oxygens (including phenoxy) is 1. The van der Waals surface area contributed by atoms with Crippen LogP contribution in [0.1, 0.15) is 22.8 Å². The summed E-state index contributed by atoms with van der Waals surface area (Å²) in [5.41, 5.74) is 1.03. The van der Waals surface area contributed by atoms with E-state index in [-0.39, 0.29) is 12.5 Å². The summed E-state index contributed by atoms with van der Waals surface area (Å²) in [4.78, 5) is 14.1. The van der Waals surface area contributed by atoms with Gasteiger partial charge in [0.1, 0.15) is 5.75 Å². The number of hydrogen-bond acceptors (Lipinski definition) is 2. The Hall–Kier alpha value is -2.43. The Morgan fingerprint density at radius 3 is 2.55 bits per heavy atom. The fraction of sp³-hybridized carbons (Fsp3) is 0.235. The molecule has 0 aliphatic heterocycles. The Kier molecular flexibility index (Phi) is 5.09. The van der Waals surface area contributed by atoms with E-state index in [2.05, 4.69) is 0 Å². The number of halogens is 2. The number of benzene rings is 2. The van der Waals surface area contributed by atoms with Crippen molar-refractivity contribution >= 4 is 5.91 Å². The molecular formula is C17H17F2NO2. The van der Waals surface area contributed by atoms with E-state index in [4.69, 9.17) is 4.74 Å². The van der Waals surface area contributed by atoms with Crippen LogP contribution in [0.5, 0.6) is 5.75 Å². The zero-order valence-electron chi connectivity index (χ0n) is 12.5. The van der Waals surface area contributed by atoms with Crippen LogP contribution >= 0.6 is 0 Å². The van der Waals surface area contributed by atoms with Gasteiger partial charge < -0.3 is 9.64 Å². The lowest BCUT2D eigenvalue weighted by Crippen LogP contribution is -2.30. The van der Waals surface area contributed by atoms with Gasteiger partial charge >= 0.3 is 0 Å². The van der Waals surface area contributed by atoms with Gasteiger partial charge in [-0.15, -0.1) is 0 Å². The minimum Gasteiger partial charge on any atom is -0.497 e. The number of nitrogens with zero attached hydrogens (tertiary/aromatic N) is 1. The molecule has 0 radical (unpaired) electrons. The van der Waals surface area contributed by atoms with Crippen LogP contribution in [-0.2, 0) is 6.54 Å². The summed E-state index contributed by atoms with van der Waals surface area (Å²) >= 11 is 0. The van der Waals surface area contributed by atoms with Crippen LogP contribution < -0.4 is 4.74 Å². The molecule has 5 heteroatoms. The molecule has 0 saturated heterocycles. The third-order valence-corrected chi connectivity index (χ3v) is 3.34. The summed E-state index contributed by atoms with van der Waals surface area (Å²) < 4.78 is 31.3. The highest BCUT2D eigenvalue weighted by Gasteiger charge is 2.16. The first-order valence-corrected chi connectivity index (χ1v) is 6.92. The first-order chi connectivity index (χ1) is 10.5. The van der Waals surface area contributed by atoms with E-state index < -0.39 is 11.6 Å². The predicted octanol–water partition coefficient (Wildman–Crippen LogP) is 3.64. The molecule has 0 saturated carbocycles. The van der Waals surface area contributed by atoms with Gasteiger partial charge in [-0.1, -0.05) is 12.1 Å². The Labute approximate surface area is 128 Å². The zero-order valence-corrected chi connectivity index (χ0v) is 12.5. The monoisotopic (exact) mass is 305 g/mol.